The SMILES string of the molecule is [B][N-]C(C)C(=O)N1CC(C)CC1C(=O)NC1(C(=O)O)CC1.[Y+3]. The number of hydrogen-bond donors (Lipinski definition) is 2. The maximum atomic E-state index is 12.3. The molecule has 2 amide bonds. The monoisotopic (exact) mass is 381 g/mol. The molecular weight excluding hydrogens is 362 g/mol. The van der Waals surface area contributed by atoms with E-state index in [0.717, 1.165) is 0 Å². The summed E-state index contributed by atoms with van der Waals surface area (Å²) in [6.07, 6.45) is 1.38. The Labute approximate surface area is 156 Å². The van der Waals surface area contributed by atoms with Gasteiger partial charge in [-0.1, -0.05) is 19.9 Å². The van der Waals surface area contributed by atoms with Gasteiger partial charge in [-0.15, -0.1) is 7.98 Å². The molecule has 22 heavy (non-hydrogen) atoms. The first-order valence-electron chi connectivity index (χ1n) is 7.06. The summed E-state index contributed by atoms with van der Waals surface area (Å²) >= 11 is 0. The maximum absolute atomic E-state index is 12.3. The number of nitrogens with zero attached hydrogens (tertiary/aromatic N) is 2. The van der Waals surface area contributed by atoms with Crippen molar-refractivity contribution in [3.63, 3.8) is 0 Å². The molecule has 3 atom stereocenters. The molecule has 9 heteroatoms. The van der Waals surface area contributed by atoms with Crippen LogP contribution in [0.1, 0.15) is 33.1 Å². The summed E-state index contributed by atoms with van der Waals surface area (Å²) in [4.78, 5) is 37.2. The van der Waals surface area contributed by atoms with Crippen LogP contribution >= 0.6 is 0 Å². The van der Waals surface area contributed by atoms with E-state index in [2.05, 4.69) is 10.5 Å². The van der Waals surface area contributed by atoms with E-state index in [9.17, 15) is 14.4 Å². The van der Waals surface area contributed by atoms with Gasteiger partial charge in [-0.05, 0) is 25.2 Å². The van der Waals surface area contributed by atoms with Gasteiger partial charge in [-0.25, -0.2) is 4.79 Å². The van der Waals surface area contributed by atoms with Gasteiger partial charge in [0.05, 0.1) is 0 Å². The van der Waals surface area contributed by atoms with Gasteiger partial charge in [-0.2, -0.15) is 0 Å². The summed E-state index contributed by atoms with van der Waals surface area (Å²) in [6, 6.07) is -1.35. The topological polar surface area (TPSA) is 101 Å². The van der Waals surface area contributed by atoms with Gasteiger partial charge in [0.25, 0.3) is 0 Å². The number of aliphatic carboxylic acids is 1. The smallest absolute Gasteiger partial charge is 0.690 e. The normalized spacial score (nSPS) is 26.7. The van der Waals surface area contributed by atoms with Gasteiger partial charge in [0.1, 0.15) is 11.6 Å². The summed E-state index contributed by atoms with van der Waals surface area (Å²) in [6.45, 7) is 3.97. The van der Waals surface area contributed by atoms with Crippen molar-refractivity contribution in [2.24, 2.45) is 5.92 Å². The number of nitrogens with one attached hydrogen (secondary N) is 1. The van der Waals surface area contributed by atoms with Crippen LogP contribution in [0.15, 0.2) is 0 Å². The number of carbonyl (C=O) groups excluding carboxylic acids is 2. The van der Waals surface area contributed by atoms with E-state index in [1.165, 1.54) is 4.90 Å². The average Bonchev–Trinajstić information content (AvgIpc) is 3.12. The molecular formula is C13H19BN3O4Y+2. The van der Waals surface area contributed by atoms with Gasteiger partial charge in [0.15, 0.2) is 0 Å². The average molecular weight is 381 g/mol. The molecule has 0 spiro atoms. The number of amides is 2. The number of carbonyl (C=O) groups is 3. The third-order valence-corrected chi connectivity index (χ3v) is 4.20. The van der Waals surface area contributed by atoms with Crippen molar-refractivity contribution in [2.75, 3.05) is 6.54 Å². The fraction of sp³-hybridized carbons (Fsp3) is 0.769. The van der Waals surface area contributed by atoms with E-state index < -0.39 is 29.5 Å². The van der Waals surface area contributed by atoms with Gasteiger partial charge >= 0.3 is 38.7 Å². The van der Waals surface area contributed by atoms with Crippen LogP contribution < -0.4 is 5.32 Å². The summed E-state index contributed by atoms with van der Waals surface area (Å²) in [7, 11) is 5.15. The summed E-state index contributed by atoms with van der Waals surface area (Å²) in [5, 5.41) is 15.1. The van der Waals surface area contributed by atoms with Crippen LogP contribution in [0.5, 0.6) is 0 Å². The zero-order chi connectivity index (χ0) is 15.8. The quantitative estimate of drug-likeness (QED) is 0.645. The van der Waals surface area contributed by atoms with Crippen LogP contribution in [0.4, 0.5) is 0 Å². The molecule has 1 aliphatic carbocycles. The van der Waals surface area contributed by atoms with Crippen molar-refractivity contribution in [3.05, 3.63) is 5.23 Å². The first-order valence-corrected chi connectivity index (χ1v) is 7.06. The van der Waals surface area contributed by atoms with Crippen LogP contribution in [0, 0.1) is 5.92 Å². The molecule has 2 rings (SSSR count). The molecule has 2 radical (unpaired) electrons. The molecule has 1 saturated heterocycles. The number of carboxylic acid groups (broad SMARTS) is 1. The molecule has 0 aromatic carbocycles. The standard InChI is InChI=1S/C13H19BN3O4.Y/c1-7-5-9(17(6-7)11(19)8(2)16-14)10(18)15-13(3-4-13)12(20)21;/h7-9H,3-6H2,1-2H3,(H,15,18)(H,20,21);/q-1;+3. The van der Waals surface area contributed by atoms with Crippen molar-refractivity contribution in [2.45, 2.75) is 50.7 Å². The molecule has 0 bridgehead atoms. The van der Waals surface area contributed by atoms with Crippen molar-refractivity contribution in [3.8, 4) is 0 Å². The van der Waals surface area contributed by atoms with E-state index >= 15 is 0 Å². The van der Waals surface area contributed by atoms with Gasteiger partial charge in [-0.3, -0.25) is 9.59 Å². The molecule has 2 fully saturated rings. The maximum Gasteiger partial charge on any atom is 3.00 e. The Kier molecular flexibility index (Phi) is 6.59. The minimum Gasteiger partial charge on any atom is -0.690 e. The Hall–Kier alpha value is -0.461. The first kappa shape index (κ1) is 19.6. The van der Waals surface area contributed by atoms with Crippen LogP contribution in [0.2, 0.25) is 0 Å². The minimum absolute atomic E-state index is 0. The minimum atomic E-state index is -1.14. The largest absolute Gasteiger partial charge is 3.00 e. The van der Waals surface area contributed by atoms with E-state index in [0.29, 0.717) is 25.8 Å². The fourth-order valence-electron chi connectivity index (χ4n) is 2.68. The molecule has 1 saturated carbocycles. The van der Waals surface area contributed by atoms with E-state index in [4.69, 9.17) is 13.1 Å². The zero-order valence-corrected chi connectivity index (χ0v) is 15.6. The molecule has 0 aromatic heterocycles. The number of likely N-dealkylation sites (tertiary alicyclic amines) is 1. The summed E-state index contributed by atoms with van der Waals surface area (Å²) in [5.41, 5.74) is -1.14. The second-order valence-electron chi connectivity index (χ2n) is 6.05. The Balaban J connectivity index is 0.00000242. The molecule has 0 aromatic rings. The van der Waals surface area contributed by atoms with Crippen LogP contribution in [-0.4, -0.2) is 59.9 Å². The Morgan fingerprint density at radius 3 is 2.45 bits per heavy atom. The van der Waals surface area contributed by atoms with E-state index in [1.54, 1.807) is 6.92 Å². The number of rotatable bonds is 5. The van der Waals surface area contributed by atoms with Gasteiger partial charge in [0, 0.05) is 6.54 Å². The van der Waals surface area contributed by atoms with E-state index in [-0.39, 0.29) is 44.5 Å². The van der Waals surface area contributed by atoms with Crippen LogP contribution in [-0.2, 0) is 47.1 Å². The Bertz CT molecular complexity index is 472. The molecule has 7 nitrogen and oxygen atoms in total. The Morgan fingerprint density at radius 1 is 1.41 bits per heavy atom. The van der Waals surface area contributed by atoms with Crippen molar-refractivity contribution in [1.29, 1.82) is 0 Å². The molecule has 2 N–H and O–H groups in total. The first-order chi connectivity index (χ1) is 9.80. The third kappa shape index (κ3) is 3.89. The number of hydrogen-bond acceptors (Lipinski definition) is 3. The second-order valence-corrected chi connectivity index (χ2v) is 6.05. The van der Waals surface area contributed by atoms with Crippen molar-refractivity contribution in [1.82, 2.24) is 10.2 Å². The van der Waals surface area contributed by atoms with Gasteiger partial charge < -0.3 is 20.6 Å². The van der Waals surface area contributed by atoms with Crippen molar-refractivity contribution >= 4 is 25.8 Å². The molecule has 3 unspecified atom stereocenters. The number of carboxylic acids is 1. The van der Waals surface area contributed by atoms with Gasteiger partial charge in [0.2, 0.25) is 11.8 Å². The van der Waals surface area contributed by atoms with Crippen LogP contribution in [0.3, 0.4) is 0 Å². The zero-order valence-electron chi connectivity index (χ0n) is 12.8. The fourth-order valence-corrected chi connectivity index (χ4v) is 2.68. The second kappa shape index (κ2) is 7.41. The Morgan fingerprint density at radius 2 is 2.00 bits per heavy atom. The predicted octanol–water partition coefficient (Wildman–Crippen LogP) is -0.200. The molecule has 2 aliphatic rings. The van der Waals surface area contributed by atoms with E-state index in [1.807, 2.05) is 6.92 Å². The molecule has 1 aliphatic heterocycles. The predicted molar refractivity (Wildman–Crippen MR) is 75.6 cm³/mol. The summed E-state index contributed by atoms with van der Waals surface area (Å²) in [5.74, 6) is -1.56. The van der Waals surface area contributed by atoms with Crippen molar-refractivity contribution < 1.29 is 52.2 Å². The summed E-state index contributed by atoms with van der Waals surface area (Å²) < 4.78 is 0. The molecule has 114 valence electrons. The molecule has 1 heterocycles. The third-order valence-electron chi connectivity index (χ3n) is 4.20. The van der Waals surface area contributed by atoms with Crippen LogP contribution in [0.25, 0.3) is 5.23 Å².